The van der Waals surface area contributed by atoms with Crippen LogP contribution in [0.2, 0.25) is 5.02 Å². The molecule has 0 aliphatic rings. The normalized spacial score (nSPS) is 11.1. The number of benzene rings is 3. The fourth-order valence-corrected chi connectivity index (χ4v) is 4.12. The third-order valence-corrected chi connectivity index (χ3v) is 6.03. The molecule has 0 atom stereocenters. The number of nitrogens with zero attached hydrogens (tertiary/aromatic N) is 1. The molecule has 8 heteroatoms. The van der Waals surface area contributed by atoms with Crippen LogP contribution in [0.5, 0.6) is 0 Å². The van der Waals surface area contributed by atoms with Gasteiger partial charge in [-0.05, 0) is 60.2 Å². The molecular weight excluding hydrogens is 476 g/mol. The van der Waals surface area contributed by atoms with E-state index < -0.39 is 10.0 Å². The highest BCUT2D eigenvalue weighted by molar-refractivity contribution is 9.10. The zero-order valence-corrected chi connectivity index (χ0v) is 18.6. The van der Waals surface area contributed by atoms with Gasteiger partial charge in [0, 0.05) is 20.7 Å². The second-order valence-electron chi connectivity index (χ2n) is 6.41. The molecule has 1 amide bonds. The van der Waals surface area contributed by atoms with Gasteiger partial charge < -0.3 is 5.32 Å². The Labute approximate surface area is 183 Å². The van der Waals surface area contributed by atoms with E-state index in [-0.39, 0.29) is 12.5 Å². The molecule has 0 saturated carbocycles. The largest absolute Gasteiger partial charge is 0.322 e. The first-order valence-corrected chi connectivity index (χ1v) is 11.6. The molecule has 5 nitrogen and oxygen atoms in total. The maximum absolute atomic E-state index is 12.5. The Balaban J connectivity index is 1.80. The predicted octanol–water partition coefficient (Wildman–Crippen LogP) is 5.32. The lowest BCUT2D eigenvalue weighted by atomic mass is 10.1. The van der Waals surface area contributed by atoms with Crippen LogP contribution < -0.4 is 9.62 Å². The monoisotopic (exact) mass is 492 g/mol. The van der Waals surface area contributed by atoms with Crippen LogP contribution in [0.15, 0.2) is 77.3 Å². The first-order chi connectivity index (χ1) is 13.7. The minimum Gasteiger partial charge on any atom is -0.322 e. The first-order valence-electron chi connectivity index (χ1n) is 8.61. The summed E-state index contributed by atoms with van der Waals surface area (Å²) in [6, 6.07) is 20.7. The van der Waals surface area contributed by atoms with Crippen molar-refractivity contribution >= 4 is 54.8 Å². The lowest BCUT2D eigenvalue weighted by Gasteiger charge is -2.23. The number of anilines is 2. The number of sulfonamides is 1. The van der Waals surface area contributed by atoms with Gasteiger partial charge in [0.2, 0.25) is 10.0 Å². The van der Waals surface area contributed by atoms with E-state index in [9.17, 15) is 13.2 Å². The Bertz CT molecular complexity index is 1120. The minimum atomic E-state index is -3.52. The molecule has 0 spiro atoms. The van der Waals surface area contributed by atoms with E-state index in [0.29, 0.717) is 22.0 Å². The SMILES string of the molecule is CS(=O)(=O)N(Cc1ccc(Cl)cc1)c1ccc(C(=O)Nc2cccc(Br)c2)cc1. The molecule has 150 valence electrons. The topological polar surface area (TPSA) is 66.5 Å². The molecule has 0 bridgehead atoms. The van der Waals surface area contributed by atoms with Crippen LogP contribution in [-0.2, 0) is 16.6 Å². The van der Waals surface area contributed by atoms with Gasteiger partial charge in [-0.2, -0.15) is 0 Å². The van der Waals surface area contributed by atoms with E-state index in [1.54, 1.807) is 60.7 Å². The lowest BCUT2D eigenvalue weighted by Crippen LogP contribution is -2.29. The Morgan fingerprint density at radius 3 is 2.28 bits per heavy atom. The average molecular weight is 494 g/mol. The molecule has 0 aliphatic carbocycles. The van der Waals surface area contributed by atoms with Crippen LogP contribution in [0.4, 0.5) is 11.4 Å². The summed E-state index contributed by atoms with van der Waals surface area (Å²) in [7, 11) is -3.52. The molecule has 0 heterocycles. The summed E-state index contributed by atoms with van der Waals surface area (Å²) in [5.74, 6) is -0.279. The summed E-state index contributed by atoms with van der Waals surface area (Å²) in [5, 5.41) is 3.39. The van der Waals surface area contributed by atoms with Crippen molar-refractivity contribution in [2.75, 3.05) is 15.9 Å². The Kier molecular flexibility index (Phi) is 6.62. The number of nitrogens with one attached hydrogen (secondary N) is 1. The molecule has 3 aromatic carbocycles. The molecule has 0 aromatic heterocycles. The van der Waals surface area contributed by atoms with E-state index in [1.807, 2.05) is 12.1 Å². The second kappa shape index (κ2) is 8.98. The van der Waals surface area contributed by atoms with E-state index in [4.69, 9.17) is 11.6 Å². The van der Waals surface area contributed by atoms with Crippen molar-refractivity contribution in [3.63, 3.8) is 0 Å². The Hall–Kier alpha value is -2.35. The molecule has 0 saturated heterocycles. The number of carbonyl (C=O) groups excluding carboxylic acids is 1. The Morgan fingerprint density at radius 1 is 1.03 bits per heavy atom. The van der Waals surface area contributed by atoms with Crippen molar-refractivity contribution in [2.24, 2.45) is 0 Å². The number of rotatable bonds is 6. The molecule has 0 unspecified atom stereocenters. The van der Waals surface area contributed by atoms with Crippen molar-refractivity contribution in [1.82, 2.24) is 0 Å². The summed E-state index contributed by atoms with van der Waals surface area (Å²) < 4.78 is 26.8. The van der Waals surface area contributed by atoms with Crippen molar-refractivity contribution < 1.29 is 13.2 Å². The molecule has 0 aliphatic heterocycles. The van der Waals surface area contributed by atoms with E-state index in [2.05, 4.69) is 21.2 Å². The van der Waals surface area contributed by atoms with Crippen LogP contribution in [0, 0.1) is 0 Å². The van der Waals surface area contributed by atoms with Crippen LogP contribution in [0.1, 0.15) is 15.9 Å². The lowest BCUT2D eigenvalue weighted by molar-refractivity contribution is 0.102. The summed E-state index contributed by atoms with van der Waals surface area (Å²) >= 11 is 9.26. The van der Waals surface area contributed by atoms with Crippen LogP contribution in [0.3, 0.4) is 0 Å². The van der Waals surface area contributed by atoms with Gasteiger partial charge in [0.1, 0.15) is 0 Å². The van der Waals surface area contributed by atoms with Gasteiger partial charge in [-0.3, -0.25) is 9.10 Å². The minimum absolute atomic E-state index is 0.166. The smallest absolute Gasteiger partial charge is 0.255 e. The van der Waals surface area contributed by atoms with E-state index in [0.717, 1.165) is 16.3 Å². The summed E-state index contributed by atoms with van der Waals surface area (Å²) in [6.07, 6.45) is 1.15. The number of hydrogen-bond acceptors (Lipinski definition) is 3. The highest BCUT2D eigenvalue weighted by Crippen LogP contribution is 2.23. The van der Waals surface area contributed by atoms with Gasteiger partial charge in [-0.1, -0.05) is 45.7 Å². The summed E-state index contributed by atoms with van der Waals surface area (Å²) in [4.78, 5) is 12.5. The highest BCUT2D eigenvalue weighted by atomic mass is 79.9. The fourth-order valence-electron chi connectivity index (χ4n) is 2.70. The number of amides is 1. The van der Waals surface area contributed by atoms with Gasteiger partial charge >= 0.3 is 0 Å². The molecule has 0 radical (unpaired) electrons. The Morgan fingerprint density at radius 2 is 1.69 bits per heavy atom. The van der Waals surface area contributed by atoms with Crippen molar-refractivity contribution in [1.29, 1.82) is 0 Å². The van der Waals surface area contributed by atoms with E-state index >= 15 is 0 Å². The second-order valence-corrected chi connectivity index (χ2v) is 9.67. The van der Waals surface area contributed by atoms with E-state index in [1.165, 1.54) is 4.31 Å². The number of carbonyl (C=O) groups is 1. The molecule has 29 heavy (non-hydrogen) atoms. The highest BCUT2D eigenvalue weighted by Gasteiger charge is 2.18. The van der Waals surface area contributed by atoms with Gasteiger partial charge in [0.15, 0.2) is 0 Å². The summed E-state index contributed by atoms with van der Waals surface area (Å²) in [6.45, 7) is 0.166. The third kappa shape index (κ3) is 5.82. The number of halogens is 2. The zero-order chi connectivity index (χ0) is 21.0. The maximum atomic E-state index is 12.5. The fraction of sp³-hybridized carbons (Fsp3) is 0.0952. The maximum Gasteiger partial charge on any atom is 0.255 e. The first kappa shape index (κ1) is 21.4. The van der Waals surface area contributed by atoms with Gasteiger partial charge in [0.25, 0.3) is 5.91 Å². The van der Waals surface area contributed by atoms with Crippen molar-refractivity contribution in [2.45, 2.75) is 6.54 Å². The van der Waals surface area contributed by atoms with Gasteiger partial charge in [0.05, 0.1) is 18.5 Å². The van der Waals surface area contributed by atoms with Crippen molar-refractivity contribution in [3.05, 3.63) is 93.4 Å². The number of hydrogen-bond donors (Lipinski definition) is 1. The molecule has 1 N–H and O–H groups in total. The van der Waals surface area contributed by atoms with Crippen LogP contribution in [-0.4, -0.2) is 20.6 Å². The molecule has 3 rings (SSSR count). The van der Waals surface area contributed by atoms with Crippen LogP contribution in [0.25, 0.3) is 0 Å². The van der Waals surface area contributed by atoms with Crippen molar-refractivity contribution in [3.8, 4) is 0 Å². The molecule has 3 aromatic rings. The van der Waals surface area contributed by atoms with Crippen LogP contribution >= 0.6 is 27.5 Å². The quantitative estimate of drug-likeness (QED) is 0.505. The molecular formula is C21H18BrClN2O3S. The molecule has 0 fully saturated rings. The third-order valence-electron chi connectivity index (χ3n) is 4.14. The summed E-state index contributed by atoms with van der Waals surface area (Å²) in [5.41, 5.74) is 2.36. The predicted molar refractivity (Wildman–Crippen MR) is 121 cm³/mol. The van der Waals surface area contributed by atoms with Gasteiger partial charge in [-0.25, -0.2) is 8.42 Å². The standard InChI is InChI=1S/C21H18BrClN2O3S/c1-29(27,28)25(14-15-5-9-18(23)10-6-15)20-11-7-16(8-12-20)21(26)24-19-4-2-3-17(22)13-19/h2-13H,14H2,1H3,(H,24,26). The van der Waals surface area contributed by atoms with Gasteiger partial charge in [-0.15, -0.1) is 0 Å². The zero-order valence-electron chi connectivity index (χ0n) is 15.5. The average Bonchev–Trinajstić information content (AvgIpc) is 2.67.